The van der Waals surface area contributed by atoms with Crippen molar-refractivity contribution >= 4 is 44.9 Å². The number of ether oxygens (including phenoxy) is 2. The van der Waals surface area contributed by atoms with Crippen LogP contribution in [-0.2, 0) is 19.6 Å². The smallest absolute Gasteiger partial charge is 0.343 e. The van der Waals surface area contributed by atoms with Gasteiger partial charge >= 0.3 is 5.97 Å². The maximum atomic E-state index is 12.7. The number of rotatable bonds is 8. The van der Waals surface area contributed by atoms with Gasteiger partial charge in [0, 0.05) is 17.3 Å². The molecule has 1 amide bonds. The Kier molecular flexibility index (Phi) is 7.34. The lowest BCUT2D eigenvalue weighted by molar-refractivity contribution is -0.142. The number of hydrogen-bond acceptors (Lipinski definition) is 6. The second-order valence-corrected chi connectivity index (χ2v) is 8.55. The number of methoxy groups -OCH3 is 1. The predicted octanol–water partition coefficient (Wildman–Crippen LogP) is 3.94. The number of halogens is 1. The number of amides is 1. The van der Waals surface area contributed by atoms with Crippen molar-refractivity contribution in [2.24, 2.45) is 0 Å². The standard InChI is InChI=1S/C22H19ClN2O6S/c1-30-21(26)14-31-17-8-5-7-16(13-17)24-22(27)15-6-4-9-18(12-15)32(28,29)25-20-11-3-2-10-19(20)23/h2-13,25H,14H2,1H3,(H,24,27). The van der Waals surface area contributed by atoms with Crippen LogP contribution in [0.5, 0.6) is 5.75 Å². The van der Waals surface area contributed by atoms with E-state index in [2.05, 4.69) is 14.8 Å². The van der Waals surface area contributed by atoms with Crippen LogP contribution in [0.15, 0.2) is 77.7 Å². The largest absolute Gasteiger partial charge is 0.482 e. The van der Waals surface area contributed by atoms with E-state index >= 15 is 0 Å². The molecule has 3 aromatic rings. The van der Waals surface area contributed by atoms with Crippen LogP contribution in [-0.4, -0.2) is 34.0 Å². The highest BCUT2D eigenvalue weighted by Crippen LogP contribution is 2.24. The molecule has 8 nitrogen and oxygen atoms in total. The Morgan fingerprint density at radius 3 is 2.47 bits per heavy atom. The van der Waals surface area contributed by atoms with Crippen LogP contribution in [0, 0.1) is 0 Å². The van der Waals surface area contributed by atoms with Crippen LogP contribution >= 0.6 is 11.6 Å². The molecule has 32 heavy (non-hydrogen) atoms. The summed E-state index contributed by atoms with van der Waals surface area (Å²) in [4.78, 5) is 23.8. The highest BCUT2D eigenvalue weighted by atomic mass is 35.5. The summed E-state index contributed by atoms with van der Waals surface area (Å²) in [7, 11) is -2.72. The lowest BCUT2D eigenvalue weighted by atomic mass is 10.2. The zero-order valence-corrected chi connectivity index (χ0v) is 18.4. The van der Waals surface area contributed by atoms with Crippen LogP contribution in [0.1, 0.15) is 10.4 Å². The fourth-order valence-corrected chi connectivity index (χ4v) is 3.98. The van der Waals surface area contributed by atoms with Gasteiger partial charge in [-0.05, 0) is 42.5 Å². The molecule has 2 N–H and O–H groups in total. The first-order chi connectivity index (χ1) is 15.3. The van der Waals surface area contributed by atoms with Gasteiger partial charge in [-0.3, -0.25) is 9.52 Å². The second-order valence-electron chi connectivity index (χ2n) is 6.46. The van der Waals surface area contributed by atoms with Gasteiger partial charge in [0.2, 0.25) is 0 Å². The Morgan fingerprint density at radius 2 is 1.72 bits per heavy atom. The summed E-state index contributed by atoms with van der Waals surface area (Å²) in [6.45, 7) is -0.272. The number of para-hydroxylation sites is 1. The fraction of sp³-hybridized carbons (Fsp3) is 0.0909. The molecule has 0 saturated heterocycles. The molecular weight excluding hydrogens is 456 g/mol. The van der Waals surface area contributed by atoms with Crippen molar-refractivity contribution in [2.75, 3.05) is 23.8 Å². The van der Waals surface area contributed by atoms with E-state index in [4.69, 9.17) is 16.3 Å². The molecule has 0 radical (unpaired) electrons. The summed E-state index contributed by atoms with van der Waals surface area (Å²) in [5.74, 6) is -0.707. The van der Waals surface area contributed by atoms with Gasteiger partial charge in [-0.1, -0.05) is 35.9 Å². The summed E-state index contributed by atoms with van der Waals surface area (Å²) in [6, 6.07) is 18.4. The van der Waals surface area contributed by atoms with Crippen LogP contribution in [0.25, 0.3) is 0 Å². The number of carbonyl (C=O) groups is 2. The van der Waals surface area contributed by atoms with Gasteiger partial charge in [-0.25, -0.2) is 13.2 Å². The van der Waals surface area contributed by atoms with Crippen LogP contribution < -0.4 is 14.8 Å². The van der Waals surface area contributed by atoms with Crippen molar-refractivity contribution in [3.63, 3.8) is 0 Å². The summed E-state index contributed by atoms with van der Waals surface area (Å²) < 4.78 is 37.7. The van der Waals surface area contributed by atoms with Gasteiger partial charge in [0.25, 0.3) is 15.9 Å². The molecule has 0 aliphatic rings. The second kappa shape index (κ2) is 10.2. The predicted molar refractivity (Wildman–Crippen MR) is 121 cm³/mol. The zero-order chi connectivity index (χ0) is 23.1. The Morgan fingerprint density at radius 1 is 0.969 bits per heavy atom. The monoisotopic (exact) mass is 474 g/mol. The highest BCUT2D eigenvalue weighted by molar-refractivity contribution is 7.92. The van der Waals surface area contributed by atoms with Crippen molar-refractivity contribution in [2.45, 2.75) is 4.90 Å². The van der Waals surface area contributed by atoms with E-state index in [-0.39, 0.29) is 27.8 Å². The third kappa shape index (κ3) is 5.99. The first-order valence-electron chi connectivity index (χ1n) is 9.27. The molecule has 0 saturated carbocycles. The minimum atomic E-state index is -3.97. The van der Waals surface area contributed by atoms with Gasteiger partial charge in [-0.2, -0.15) is 0 Å². The molecule has 0 spiro atoms. The van der Waals surface area contributed by atoms with Gasteiger partial charge in [0.1, 0.15) is 5.75 Å². The van der Waals surface area contributed by atoms with Crippen molar-refractivity contribution in [3.8, 4) is 5.75 Å². The Bertz CT molecular complexity index is 1250. The molecule has 10 heteroatoms. The van der Waals surface area contributed by atoms with E-state index in [1.54, 1.807) is 36.4 Å². The number of carbonyl (C=O) groups excluding carboxylic acids is 2. The number of anilines is 2. The summed E-state index contributed by atoms with van der Waals surface area (Å²) in [5.41, 5.74) is 0.764. The van der Waals surface area contributed by atoms with E-state index in [0.29, 0.717) is 11.4 Å². The lowest BCUT2D eigenvalue weighted by Crippen LogP contribution is -2.16. The molecule has 0 fully saturated rings. The minimum Gasteiger partial charge on any atom is -0.482 e. The van der Waals surface area contributed by atoms with Crippen molar-refractivity contribution in [3.05, 3.63) is 83.4 Å². The van der Waals surface area contributed by atoms with Crippen LogP contribution in [0.4, 0.5) is 11.4 Å². The maximum Gasteiger partial charge on any atom is 0.343 e. The summed E-state index contributed by atoms with van der Waals surface area (Å²) >= 11 is 6.02. The summed E-state index contributed by atoms with van der Waals surface area (Å²) in [6.07, 6.45) is 0. The highest BCUT2D eigenvalue weighted by Gasteiger charge is 2.18. The maximum absolute atomic E-state index is 12.7. The third-order valence-corrected chi connectivity index (χ3v) is 5.89. The molecule has 0 atom stereocenters. The summed E-state index contributed by atoms with van der Waals surface area (Å²) in [5, 5.41) is 2.92. The molecule has 0 aromatic heterocycles. The van der Waals surface area contributed by atoms with Gasteiger partial charge < -0.3 is 14.8 Å². The van der Waals surface area contributed by atoms with Crippen molar-refractivity contribution < 1.29 is 27.5 Å². The van der Waals surface area contributed by atoms with Crippen molar-refractivity contribution in [1.29, 1.82) is 0 Å². The number of nitrogens with one attached hydrogen (secondary N) is 2. The molecule has 3 rings (SSSR count). The molecule has 0 aliphatic carbocycles. The van der Waals surface area contributed by atoms with E-state index in [0.717, 1.165) is 0 Å². The van der Waals surface area contributed by atoms with Gasteiger partial charge in [0.15, 0.2) is 6.61 Å². The first kappa shape index (κ1) is 23.1. The quantitative estimate of drug-likeness (QED) is 0.478. The Hall–Kier alpha value is -3.56. The van der Waals surface area contributed by atoms with Gasteiger partial charge in [0.05, 0.1) is 22.7 Å². The van der Waals surface area contributed by atoms with Crippen LogP contribution in [0.3, 0.4) is 0 Å². The van der Waals surface area contributed by atoms with Gasteiger partial charge in [-0.15, -0.1) is 0 Å². The normalized spacial score (nSPS) is 10.8. The number of hydrogen-bond donors (Lipinski definition) is 2. The zero-order valence-electron chi connectivity index (χ0n) is 16.9. The molecule has 0 bridgehead atoms. The number of esters is 1. The average molecular weight is 475 g/mol. The molecular formula is C22H19ClN2O6S. The Balaban J connectivity index is 1.74. The lowest BCUT2D eigenvalue weighted by Gasteiger charge is -2.11. The van der Waals surface area contributed by atoms with Crippen LogP contribution in [0.2, 0.25) is 5.02 Å². The first-order valence-corrected chi connectivity index (χ1v) is 11.1. The third-order valence-electron chi connectivity index (χ3n) is 4.20. The van der Waals surface area contributed by atoms with Crippen molar-refractivity contribution in [1.82, 2.24) is 0 Å². The van der Waals surface area contributed by atoms with E-state index < -0.39 is 21.9 Å². The molecule has 166 valence electrons. The molecule has 0 unspecified atom stereocenters. The fourth-order valence-electron chi connectivity index (χ4n) is 2.62. The van der Waals surface area contributed by atoms with E-state index in [1.165, 1.54) is 43.5 Å². The SMILES string of the molecule is COC(=O)COc1cccc(NC(=O)c2cccc(S(=O)(=O)Nc3ccccc3Cl)c2)c1. The number of benzene rings is 3. The molecule has 3 aromatic carbocycles. The number of sulfonamides is 1. The molecule has 0 heterocycles. The minimum absolute atomic E-state index is 0.0970. The Labute approximate surface area is 190 Å². The topological polar surface area (TPSA) is 111 Å². The average Bonchev–Trinajstić information content (AvgIpc) is 2.79. The van der Waals surface area contributed by atoms with E-state index in [9.17, 15) is 18.0 Å². The molecule has 0 aliphatic heterocycles. The van der Waals surface area contributed by atoms with E-state index in [1.807, 2.05) is 0 Å².